The topological polar surface area (TPSA) is 58.8 Å². The summed E-state index contributed by atoms with van der Waals surface area (Å²) in [5.41, 5.74) is 1.70. The molecule has 0 saturated carbocycles. The Morgan fingerprint density at radius 3 is 2.93 bits per heavy atom. The van der Waals surface area contributed by atoms with Gasteiger partial charge in [-0.15, -0.1) is 0 Å². The highest BCUT2D eigenvalue weighted by molar-refractivity contribution is 5.79. The summed E-state index contributed by atoms with van der Waals surface area (Å²) >= 11 is 0. The van der Waals surface area contributed by atoms with Gasteiger partial charge in [-0.2, -0.15) is 0 Å². The fourth-order valence-electron chi connectivity index (χ4n) is 4.41. The number of aryl methyl sites for hydroxylation is 1. The molecule has 4 rings (SSSR count). The number of carbonyl (C=O) groups excluding carboxylic acids is 1. The average molecular weight is 398 g/mol. The minimum atomic E-state index is -0.382. The molecule has 0 spiro atoms. The summed E-state index contributed by atoms with van der Waals surface area (Å²) in [6.45, 7) is 5.31. The number of likely N-dealkylation sites (tertiary alicyclic amines) is 1. The van der Waals surface area contributed by atoms with Crippen LogP contribution in [0.3, 0.4) is 0 Å². The van der Waals surface area contributed by atoms with Gasteiger partial charge in [0, 0.05) is 31.7 Å². The Kier molecular flexibility index (Phi) is 5.67. The molecule has 1 aliphatic heterocycles. The number of hydrogen-bond donors (Lipinski definition) is 1. The van der Waals surface area contributed by atoms with Gasteiger partial charge in [0.25, 0.3) is 5.56 Å². The number of amides is 1. The Labute approximate surface area is 168 Å². The number of aromatic nitrogens is 2. The SMILES string of the molecule is CCN1CCC[C@H]1CNC(=O)CCCn1c(=O)c2cccn2c2ccc(F)cc21. The third-order valence-electron chi connectivity index (χ3n) is 5.93. The van der Waals surface area contributed by atoms with E-state index in [1.54, 1.807) is 33.4 Å². The molecule has 0 radical (unpaired) electrons. The number of hydrogen-bond acceptors (Lipinski definition) is 3. The molecule has 1 saturated heterocycles. The van der Waals surface area contributed by atoms with Crippen molar-refractivity contribution in [1.82, 2.24) is 19.2 Å². The van der Waals surface area contributed by atoms with Gasteiger partial charge in [-0.25, -0.2) is 4.39 Å². The molecule has 1 aromatic carbocycles. The predicted molar refractivity (Wildman–Crippen MR) is 112 cm³/mol. The standard InChI is InChI=1S/C22H27FN4O2/c1-2-25-11-3-6-17(25)15-24-21(28)8-5-13-27-20-14-16(23)9-10-18(20)26-12-4-7-19(26)22(27)29/h4,7,9-10,12,14,17H,2-3,5-6,8,11,13,15H2,1H3,(H,24,28)/t17-/m0/s1. The van der Waals surface area contributed by atoms with Crippen molar-refractivity contribution in [3.05, 3.63) is 52.7 Å². The molecule has 154 valence electrons. The van der Waals surface area contributed by atoms with E-state index in [9.17, 15) is 14.0 Å². The van der Waals surface area contributed by atoms with E-state index in [4.69, 9.17) is 0 Å². The van der Waals surface area contributed by atoms with Gasteiger partial charge in [-0.3, -0.25) is 14.5 Å². The lowest BCUT2D eigenvalue weighted by Crippen LogP contribution is -2.40. The van der Waals surface area contributed by atoms with E-state index >= 15 is 0 Å². The van der Waals surface area contributed by atoms with Crippen LogP contribution < -0.4 is 10.9 Å². The minimum Gasteiger partial charge on any atom is -0.355 e. The van der Waals surface area contributed by atoms with Crippen LogP contribution in [0.15, 0.2) is 41.3 Å². The number of nitrogens with one attached hydrogen (secondary N) is 1. The molecule has 1 amide bonds. The fourth-order valence-corrected chi connectivity index (χ4v) is 4.41. The van der Waals surface area contributed by atoms with Gasteiger partial charge >= 0.3 is 0 Å². The van der Waals surface area contributed by atoms with Crippen molar-refractivity contribution in [2.75, 3.05) is 19.6 Å². The first-order valence-corrected chi connectivity index (χ1v) is 10.4. The number of likely N-dealkylation sites (N-methyl/N-ethyl adjacent to an activating group) is 1. The third-order valence-corrected chi connectivity index (χ3v) is 5.93. The maximum absolute atomic E-state index is 13.8. The van der Waals surface area contributed by atoms with E-state index in [0.717, 1.165) is 25.0 Å². The number of carbonyl (C=O) groups is 1. The van der Waals surface area contributed by atoms with Crippen LogP contribution in [0.25, 0.3) is 16.6 Å². The molecule has 0 aliphatic carbocycles. The molecular weight excluding hydrogens is 371 g/mol. The van der Waals surface area contributed by atoms with Crippen LogP contribution in [0.4, 0.5) is 4.39 Å². The number of fused-ring (bicyclic) bond motifs is 3. The van der Waals surface area contributed by atoms with E-state index in [2.05, 4.69) is 17.1 Å². The van der Waals surface area contributed by atoms with Crippen LogP contribution in [0.2, 0.25) is 0 Å². The van der Waals surface area contributed by atoms with E-state index in [0.29, 0.717) is 43.0 Å². The molecule has 29 heavy (non-hydrogen) atoms. The van der Waals surface area contributed by atoms with Crippen LogP contribution in [-0.4, -0.2) is 45.5 Å². The van der Waals surface area contributed by atoms with Crippen LogP contribution >= 0.6 is 0 Å². The van der Waals surface area contributed by atoms with Crippen molar-refractivity contribution in [1.29, 1.82) is 0 Å². The highest BCUT2D eigenvalue weighted by Crippen LogP contribution is 2.18. The number of rotatable bonds is 7. The normalized spacial score (nSPS) is 17.4. The Balaban J connectivity index is 1.44. The molecule has 6 nitrogen and oxygen atoms in total. The van der Waals surface area contributed by atoms with Crippen molar-refractivity contribution >= 4 is 22.5 Å². The monoisotopic (exact) mass is 398 g/mol. The van der Waals surface area contributed by atoms with Crippen LogP contribution in [0.1, 0.15) is 32.6 Å². The van der Waals surface area contributed by atoms with Gasteiger partial charge in [0.1, 0.15) is 11.3 Å². The van der Waals surface area contributed by atoms with E-state index in [1.165, 1.54) is 18.6 Å². The maximum atomic E-state index is 13.8. The van der Waals surface area contributed by atoms with Gasteiger partial charge in [0.2, 0.25) is 5.91 Å². The summed E-state index contributed by atoms with van der Waals surface area (Å²) in [7, 11) is 0. The van der Waals surface area contributed by atoms with Crippen molar-refractivity contribution in [3.8, 4) is 0 Å². The second-order valence-electron chi connectivity index (χ2n) is 7.69. The second-order valence-corrected chi connectivity index (χ2v) is 7.69. The predicted octanol–water partition coefficient (Wildman–Crippen LogP) is 2.77. The maximum Gasteiger partial charge on any atom is 0.275 e. The fraction of sp³-hybridized carbons (Fsp3) is 0.455. The summed E-state index contributed by atoms with van der Waals surface area (Å²) in [4.78, 5) is 27.5. The van der Waals surface area contributed by atoms with Gasteiger partial charge in [0.15, 0.2) is 0 Å². The van der Waals surface area contributed by atoms with Crippen molar-refractivity contribution < 1.29 is 9.18 Å². The molecule has 1 N–H and O–H groups in total. The van der Waals surface area contributed by atoms with E-state index in [1.807, 2.05) is 0 Å². The lowest BCUT2D eigenvalue weighted by Gasteiger charge is -2.22. The first-order chi connectivity index (χ1) is 14.1. The number of halogens is 1. The van der Waals surface area contributed by atoms with Gasteiger partial charge < -0.3 is 14.3 Å². The zero-order valence-electron chi connectivity index (χ0n) is 16.7. The molecule has 7 heteroatoms. The zero-order valence-corrected chi connectivity index (χ0v) is 16.7. The largest absolute Gasteiger partial charge is 0.355 e. The van der Waals surface area contributed by atoms with E-state index in [-0.39, 0.29) is 17.3 Å². The molecule has 0 unspecified atom stereocenters. The molecule has 3 aromatic rings. The first kappa shape index (κ1) is 19.6. The van der Waals surface area contributed by atoms with Gasteiger partial charge in [-0.05, 0) is 62.7 Å². The molecule has 3 heterocycles. The molecule has 1 aliphatic rings. The van der Waals surface area contributed by atoms with Crippen molar-refractivity contribution in [2.45, 2.75) is 45.2 Å². The van der Waals surface area contributed by atoms with Crippen molar-refractivity contribution in [2.24, 2.45) is 0 Å². The molecule has 2 aromatic heterocycles. The summed E-state index contributed by atoms with van der Waals surface area (Å²) < 4.78 is 17.2. The second kappa shape index (κ2) is 8.37. The summed E-state index contributed by atoms with van der Waals surface area (Å²) in [5.74, 6) is -0.382. The first-order valence-electron chi connectivity index (χ1n) is 10.4. The Morgan fingerprint density at radius 1 is 1.24 bits per heavy atom. The highest BCUT2D eigenvalue weighted by Gasteiger charge is 2.23. The Bertz CT molecular complexity index is 1090. The highest BCUT2D eigenvalue weighted by atomic mass is 19.1. The van der Waals surface area contributed by atoms with Crippen molar-refractivity contribution in [3.63, 3.8) is 0 Å². The Hall–Kier alpha value is -2.67. The number of benzene rings is 1. The smallest absolute Gasteiger partial charge is 0.275 e. The van der Waals surface area contributed by atoms with Crippen LogP contribution in [0, 0.1) is 5.82 Å². The van der Waals surface area contributed by atoms with E-state index < -0.39 is 0 Å². The average Bonchev–Trinajstić information content (AvgIpc) is 3.38. The summed E-state index contributed by atoms with van der Waals surface area (Å²) in [6.07, 6.45) is 4.98. The Morgan fingerprint density at radius 2 is 2.10 bits per heavy atom. The molecular formula is C22H27FN4O2. The molecule has 1 fully saturated rings. The summed E-state index contributed by atoms with van der Waals surface area (Å²) in [5, 5.41) is 3.03. The molecule has 1 atom stereocenters. The zero-order chi connectivity index (χ0) is 20.4. The van der Waals surface area contributed by atoms with Crippen LogP contribution in [0.5, 0.6) is 0 Å². The third kappa shape index (κ3) is 3.92. The van der Waals surface area contributed by atoms with Gasteiger partial charge in [0.05, 0.1) is 11.0 Å². The molecule has 0 bridgehead atoms. The van der Waals surface area contributed by atoms with Crippen LogP contribution in [-0.2, 0) is 11.3 Å². The lowest BCUT2D eigenvalue weighted by atomic mass is 10.2. The van der Waals surface area contributed by atoms with Gasteiger partial charge in [-0.1, -0.05) is 6.92 Å². The minimum absolute atomic E-state index is 0.000234. The summed E-state index contributed by atoms with van der Waals surface area (Å²) in [6, 6.07) is 8.45. The lowest BCUT2D eigenvalue weighted by molar-refractivity contribution is -0.121. The quantitative estimate of drug-likeness (QED) is 0.666. The number of nitrogens with zero attached hydrogens (tertiary/aromatic N) is 3.